The molecule has 0 aromatic heterocycles. The van der Waals surface area contributed by atoms with Gasteiger partial charge in [0, 0.05) is 0 Å². The van der Waals surface area contributed by atoms with Crippen molar-refractivity contribution in [2.75, 3.05) is 0 Å². The average molecular weight is 230 g/mol. The van der Waals surface area contributed by atoms with Gasteiger partial charge in [0.25, 0.3) is 14.3 Å². The van der Waals surface area contributed by atoms with Crippen LogP contribution in [0.5, 0.6) is 0 Å². The summed E-state index contributed by atoms with van der Waals surface area (Å²) in [5, 5.41) is 0. The van der Waals surface area contributed by atoms with Crippen LogP contribution in [0.4, 0.5) is 0 Å². The zero-order chi connectivity index (χ0) is 11.9. The van der Waals surface area contributed by atoms with Crippen LogP contribution in [-0.2, 0) is 9.16 Å². The van der Waals surface area contributed by atoms with Crippen LogP contribution in [0.1, 0.15) is 41.5 Å². The van der Waals surface area contributed by atoms with Gasteiger partial charge in [-0.05, 0) is 45.0 Å². The van der Waals surface area contributed by atoms with Crippen molar-refractivity contribution in [3.63, 3.8) is 0 Å². The van der Waals surface area contributed by atoms with Crippen molar-refractivity contribution >= 4 is 8.32 Å². The number of ether oxygens (including phenoxy) is 1. The summed E-state index contributed by atoms with van der Waals surface area (Å²) in [5.74, 6) is 0.724. The van der Waals surface area contributed by atoms with Gasteiger partial charge in [0.15, 0.2) is 0 Å². The van der Waals surface area contributed by atoms with Crippen LogP contribution in [-0.4, -0.2) is 14.4 Å². The van der Waals surface area contributed by atoms with Crippen molar-refractivity contribution in [3.8, 4) is 0 Å². The molecule has 0 bridgehead atoms. The van der Waals surface area contributed by atoms with Crippen molar-refractivity contribution < 1.29 is 9.16 Å². The van der Waals surface area contributed by atoms with Crippen molar-refractivity contribution in [1.29, 1.82) is 0 Å². The lowest BCUT2D eigenvalue weighted by Crippen LogP contribution is -2.36. The smallest absolute Gasteiger partial charge is 0.261 e. The van der Waals surface area contributed by atoms with Crippen molar-refractivity contribution in [2.24, 2.45) is 0 Å². The van der Waals surface area contributed by atoms with E-state index >= 15 is 0 Å². The van der Waals surface area contributed by atoms with Gasteiger partial charge in [-0.15, -0.1) is 0 Å². The van der Waals surface area contributed by atoms with E-state index in [1.165, 1.54) is 0 Å². The predicted octanol–water partition coefficient (Wildman–Crippen LogP) is 4.29. The summed E-state index contributed by atoms with van der Waals surface area (Å²) >= 11 is 0. The van der Waals surface area contributed by atoms with Gasteiger partial charge in [0.05, 0.1) is 6.10 Å². The Morgan fingerprint density at radius 2 is 1.60 bits per heavy atom. The molecule has 90 valence electrons. The van der Waals surface area contributed by atoms with Crippen LogP contribution in [0.2, 0.25) is 18.1 Å². The summed E-state index contributed by atoms with van der Waals surface area (Å²) in [7, 11) is -1.56. The summed E-state index contributed by atoms with van der Waals surface area (Å²) in [6.07, 6.45) is 2.12. The van der Waals surface area contributed by atoms with Crippen LogP contribution in [0.25, 0.3) is 0 Å². The van der Waals surface area contributed by atoms with Crippen molar-refractivity contribution in [3.05, 3.63) is 12.0 Å². The third kappa shape index (κ3) is 4.73. The first-order valence-electron chi connectivity index (χ1n) is 6.05. The highest BCUT2D eigenvalue weighted by molar-refractivity contribution is 6.73. The molecule has 0 N–H and O–H groups in total. The summed E-state index contributed by atoms with van der Waals surface area (Å²) < 4.78 is 11.8. The first-order chi connectivity index (χ1) is 7.03. The Balaban J connectivity index is 4.49. The molecule has 0 unspecified atom stereocenters. The lowest BCUT2D eigenvalue weighted by atomic mass is 10.5. The predicted molar refractivity (Wildman–Crippen MR) is 68.3 cm³/mol. The van der Waals surface area contributed by atoms with E-state index in [0.29, 0.717) is 0 Å². The highest BCUT2D eigenvalue weighted by Gasteiger charge is 2.31. The van der Waals surface area contributed by atoms with Crippen molar-refractivity contribution in [2.45, 2.75) is 65.8 Å². The minimum absolute atomic E-state index is 0.188. The largest absolute Gasteiger partial charge is 0.519 e. The molecule has 0 heterocycles. The van der Waals surface area contributed by atoms with E-state index in [1.807, 2.05) is 26.8 Å². The van der Waals surface area contributed by atoms with E-state index in [1.54, 1.807) is 0 Å². The molecule has 2 nitrogen and oxygen atoms in total. The maximum Gasteiger partial charge on any atom is 0.261 e. The fourth-order valence-electron chi connectivity index (χ4n) is 1.56. The summed E-state index contributed by atoms with van der Waals surface area (Å²) in [5.41, 5.74) is 0. The summed E-state index contributed by atoms with van der Waals surface area (Å²) in [6.45, 7) is 12.7. The first kappa shape index (κ1) is 14.6. The van der Waals surface area contributed by atoms with Gasteiger partial charge in [-0.25, -0.2) is 0 Å². The maximum absolute atomic E-state index is 6.12. The van der Waals surface area contributed by atoms with E-state index < -0.39 is 8.32 Å². The molecule has 0 aromatic rings. The van der Waals surface area contributed by atoms with Crippen LogP contribution >= 0.6 is 0 Å². The Hall–Kier alpha value is -0.443. The van der Waals surface area contributed by atoms with E-state index in [-0.39, 0.29) is 6.10 Å². The van der Waals surface area contributed by atoms with Crippen LogP contribution in [0, 0.1) is 0 Å². The van der Waals surface area contributed by atoms with Gasteiger partial charge >= 0.3 is 0 Å². The van der Waals surface area contributed by atoms with Gasteiger partial charge in [0.2, 0.25) is 0 Å². The quantitative estimate of drug-likeness (QED) is 0.480. The lowest BCUT2D eigenvalue weighted by molar-refractivity contribution is 0.0577. The third-order valence-corrected chi connectivity index (χ3v) is 7.34. The molecule has 0 radical (unpaired) electrons. The van der Waals surface area contributed by atoms with Gasteiger partial charge in [-0.2, -0.15) is 0 Å². The Bertz CT molecular complexity index is 188. The minimum Gasteiger partial charge on any atom is -0.519 e. The topological polar surface area (TPSA) is 18.5 Å². The summed E-state index contributed by atoms with van der Waals surface area (Å²) in [6, 6.07) is 3.45. The molecule has 0 aliphatic carbocycles. The maximum atomic E-state index is 6.12. The van der Waals surface area contributed by atoms with Crippen LogP contribution in [0.15, 0.2) is 12.0 Å². The average Bonchev–Trinajstić information content (AvgIpc) is 2.24. The fraction of sp³-hybridized carbons (Fsp3) is 0.833. The van der Waals surface area contributed by atoms with Crippen LogP contribution in [0.3, 0.4) is 0 Å². The Labute approximate surface area is 95.8 Å². The second-order valence-corrected chi connectivity index (χ2v) is 8.81. The first-order valence-corrected chi connectivity index (χ1v) is 8.58. The van der Waals surface area contributed by atoms with E-state index in [4.69, 9.17) is 9.16 Å². The monoisotopic (exact) mass is 230 g/mol. The Morgan fingerprint density at radius 1 is 1.13 bits per heavy atom. The number of hydrogen-bond donors (Lipinski definition) is 0. The van der Waals surface area contributed by atoms with E-state index in [2.05, 4.69) is 20.8 Å². The highest BCUT2D eigenvalue weighted by atomic mass is 28.4. The molecule has 0 rings (SSSR count). The van der Waals surface area contributed by atoms with Gasteiger partial charge in [-0.1, -0.05) is 20.8 Å². The molecule has 0 atom stereocenters. The molecule has 0 saturated heterocycles. The van der Waals surface area contributed by atoms with Crippen LogP contribution < -0.4 is 0 Å². The number of hydrogen-bond acceptors (Lipinski definition) is 2. The zero-order valence-corrected chi connectivity index (χ0v) is 12.1. The second kappa shape index (κ2) is 6.93. The number of allylic oxidation sites excluding steroid dienone is 1. The summed E-state index contributed by atoms with van der Waals surface area (Å²) in [4.78, 5) is 0. The van der Waals surface area contributed by atoms with Gasteiger partial charge in [0.1, 0.15) is 0 Å². The SMILES string of the molecule is CC=C(OC(C)C)O[Si](CC)(CC)CC. The van der Waals surface area contributed by atoms with Gasteiger partial charge in [-0.3, -0.25) is 0 Å². The van der Waals surface area contributed by atoms with Crippen molar-refractivity contribution in [1.82, 2.24) is 0 Å². The van der Waals surface area contributed by atoms with E-state index in [0.717, 1.165) is 24.1 Å². The molecule has 0 fully saturated rings. The molecule has 0 aliphatic rings. The molecule has 3 heteroatoms. The van der Waals surface area contributed by atoms with Gasteiger partial charge < -0.3 is 9.16 Å². The molecular formula is C12H26O2Si. The fourth-order valence-corrected chi connectivity index (χ4v) is 4.09. The third-order valence-electron chi connectivity index (χ3n) is 2.84. The normalized spacial score (nSPS) is 13.1. The standard InChI is InChI=1S/C12H26O2Si/c1-7-12(13-11(5)6)14-15(8-2,9-3)10-4/h7,11H,8-10H2,1-6H3. The molecular weight excluding hydrogens is 204 g/mol. The zero-order valence-electron chi connectivity index (χ0n) is 11.1. The molecule has 0 aromatic carbocycles. The second-order valence-electron chi connectivity index (χ2n) is 4.12. The molecule has 0 aliphatic heterocycles. The lowest BCUT2D eigenvalue weighted by Gasteiger charge is -2.30. The molecule has 0 saturated carbocycles. The molecule has 0 spiro atoms. The highest BCUT2D eigenvalue weighted by Crippen LogP contribution is 2.25. The molecule has 15 heavy (non-hydrogen) atoms. The minimum atomic E-state index is -1.56. The van der Waals surface area contributed by atoms with E-state index in [9.17, 15) is 0 Å². The molecule has 0 amide bonds. The Kier molecular flexibility index (Phi) is 6.73. The Morgan fingerprint density at radius 3 is 1.87 bits per heavy atom. The number of rotatable bonds is 7.